The largest absolute Gasteiger partial charge is 0.416 e. The van der Waals surface area contributed by atoms with E-state index in [0.717, 1.165) is 22.5 Å². The molecule has 10 heteroatoms. The highest BCUT2D eigenvalue weighted by molar-refractivity contribution is 7.92. The van der Waals surface area contributed by atoms with E-state index in [-0.39, 0.29) is 35.3 Å². The van der Waals surface area contributed by atoms with Crippen LogP contribution in [-0.2, 0) is 20.9 Å². The van der Waals surface area contributed by atoms with Crippen molar-refractivity contribution in [3.8, 4) is 0 Å². The second-order valence-corrected chi connectivity index (χ2v) is 8.59. The smallest absolute Gasteiger partial charge is 0.383 e. The van der Waals surface area contributed by atoms with Crippen molar-refractivity contribution in [2.75, 3.05) is 24.6 Å². The molecular formula is C21H23F3N2O4S. The number of amides is 1. The number of benzene rings is 2. The number of rotatable bonds is 9. The summed E-state index contributed by atoms with van der Waals surface area (Å²) in [4.78, 5) is 12.2. The molecule has 0 spiro atoms. The zero-order valence-electron chi connectivity index (χ0n) is 17.0. The van der Waals surface area contributed by atoms with Crippen molar-refractivity contribution in [2.24, 2.45) is 0 Å². The van der Waals surface area contributed by atoms with E-state index in [4.69, 9.17) is 4.74 Å². The van der Waals surface area contributed by atoms with Gasteiger partial charge in [-0.15, -0.1) is 6.58 Å². The fraction of sp³-hybridized carbons (Fsp3) is 0.286. The Morgan fingerprint density at radius 2 is 1.90 bits per heavy atom. The molecule has 0 aliphatic heterocycles. The standard InChI is InChI=1S/C21H23F3N2O4S/c1-4-11-26(18-9-6-8-17(13-18)21(22,23)24)31(28,29)19-10-5-7-16(12-19)20(27)25-15(2)14-30-3/h4-10,12-13,15H,1,11,14H2,2-3H3,(H,25,27). The molecule has 2 rings (SSSR count). The molecule has 0 aliphatic carbocycles. The molecule has 1 amide bonds. The van der Waals surface area contributed by atoms with Crippen LogP contribution in [0.15, 0.2) is 66.1 Å². The molecule has 0 fully saturated rings. The minimum atomic E-state index is -4.63. The normalized spacial score (nSPS) is 12.8. The molecule has 0 heterocycles. The summed E-state index contributed by atoms with van der Waals surface area (Å²) >= 11 is 0. The molecule has 1 atom stereocenters. The van der Waals surface area contributed by atoms with E-state index in [1.54, 1.807) is 6.92 Å². The SMILES string of the molecule is C=CCN(c1cccc(C(F)(F)F)c1)S(=O)(=O)c1cccc(C(=O)NC(C)COC)c1. The van der Waals surface area contributed by atoms with Gasteiger partial charge in [-0.2, -0.15) is 13.2 Å². The van der Waals surface area contributed by atoms with Crippen LogP contribution >= 0.6 is 0 Å². The lowest BCUT2D eigenvalue weighted by Crippen LogP contribution is -2.36. The first-order valence-corrected chi connectivity index (χ1v) is 10.7. The topological polar surface area (TPSA) is 75.7 Å². The van der Waals surface area contributed by atoms with Gasteiger partial charge >= 0.3 is 6.18 Å². The summed E-state index contributed by atoms with van der Waals surface area (Å²) in [5.41, 5.74) is -1.06. The molecule has 0 saturated carbocycles. The molecule has 1 unspecified atom stereocenters. The van der Waals surface area contributed by atoms with E-state index in [9.17, 15) is 26.4 Å². The molecule has 0 aliphatic rings. The monoisotopic (exact) mass is 456 g/mol. The third-order valence-corrected chi connectivity index (χ3v) is 6.02. The molecule has 168 valence electrons. The maximum atomic E-state index is 13.2. The summed E-state index contributed by atoms with van der Waals surface area (Å²) in [6, 6.07) is 8.97. The quantitative estimate of drug-likeness (QED) is 0.582. The summed E-state index contributed by atoms with van der Waals surface area (Å²) in [6.07, 6.45) is -3.36. The highest BCUT2D eigenvalue weighted by Crippen LogP contribution is 2.33. The van der Waals surface area contributed by atoms with Crippen LogP contribution in [0, 0.1) is 0 Å². The van der Waals surface area contributed by atoms with Gasteiger partial charge < -0.3 is 10.1 Å². The van der Waals surface area contributed by atoms with Crippen LogP contribution < -0.4 is 9.62 Å². The molecule has 2 aromatic carbocycles. The maximum absolute atomic E-state index is 13.2. The van der Waals surface area contributed by atoms with Crippen molar-refractivity contribution in [1.82, 2.24) is 5.32 Å². The second-order valence-electron chi connectivity index (χ2n) is 6.73. The van der Waals surface area contributed by atoms with E-state index in [0.29, 0.717) is 0 Å². The Bertz CT molecular complexity index is 1040. The summed E-state index contributed by atoms with van der Waals surface area (Å²) in [5.74, 6) is -0.504. The van der Waals surface area contributed by atoms with Gasteiger partial charge in [-0.1, -0.05) is 18.2 Å². The van der Waals surface area contributed by atoms with E-state index >= 15 is 0 Å². The van der Waals surface area contributed by atoms with Crippen LogP contribution in [-0.4, -0.2) is 40.6 Å². The maximum Gasteiger partial charge on any atom is 0.416 e. The van der Waals surface area contributed by atoms with Crippen molar-refractivity contribution < 1.29 is 31.1 Å². The van der Waals surface area contributed by atoms with Crippen LogP contribution in [0.1, 0.15) is 22.8 Å². The van der Waals surface area contributed by atoms with Crippen molar-refractivity contribution in [1.29, 1.82) is 0 Å². The van der Waals surface area contributed by atoms with E-state index < -0.39 is 27.7 Å². The number of carbonyl (C=O) groups excluding carboxylic acids is 1. The van der Waals surface area contributed by atoms with Crippen molar-refractivity contribution in [3.63, 3.8) is 0 Å². The van der Waals surface area contributed by atoms with Crippen LogP contribution in [0.4, 0.5) is 18.9 Å². The molecule has 1 N–H and O–H groups in total. The van der Waals surface area contributed by atoms with Gasteiger partial charge in [-0.3, -0.25) is 9.10 Å². The summed E-state index contributed by atoms with van der Waals surface area (Å²) in [5, 5.41) is 2.67. The van der Waals surface area contributed by atoms with Gasteiger partial charge in [0.2, 0.25) is 0 Å². The fourth-order valence-electron chi connectivity index (χ4n) is 2.82. The van der Waals surface area contributed by atoms with Gasteiger partial charge in [0.1, 0.15) is 0 Å². The number of carbonyl (C=O) groups is 1. The van der Waals surface area contributed by atoms with Gasteiger partial charge in [0.25, 0.3) is 15.9 Å². The first-order chi connectivity index (χ1) is 14.5. The number of hydrogen-bond donors (Lipinski definition) is 1. The first kappa shape index (κ1) is 24.4. The summed E-state index contributed by atoms with van der Waals surface area (Å²) < 4.78 is 71.5. The predicted octanol–water partition coefficient (Wildman–Crippen LogP) is 3.85. The van der Waals surface area contributed by atoms with E-state index in [2.05, 4.69) is 11.9 Å². The number of ether oxygens (including phenoxy) is 1. The molecule has 0 aromatic heterocycles. The Labute approximate surface area is 179 Å². The third kappa shape index (κ3) is 6.08. The fourth-order valence-corrected chi connectivity index (χ4v) is 4.29. The zero-order valence-corrected chi connectivity index (χ0v) is 17.8. The summed E-state index contributed by atoms with van der Waals surface area (Å²) in [7, 11) is -2.80. The molecule has 0 saturated heterocycles. The first-order valence-electron chi connectivity index (χ1n) is 9.21. The van der Waals surface area contributed by atoms with Gasteiger partial charge in [0.15, 0.2) is 0 Å². The third-order valence-electron chi connectivity index (χ3n) is 4.23. The van der Waals surface area contributed by atoms with Gasteiger partial charge in [0, 0.05) is 18.7 Å². The molecule has 2 aromatic rings. The van der Waals surface area contributed by atoms with E-state index in [1.165, 1.54) is 43.5 Å². The number of sulfonamides is 1. The Hall–Kier alpha value is -2.85. The number of nitrogens with one attached hydrogen (secondary N) is 1. The predicted molar refractivity (Wildman–Crippen MR) is 111 cm³/mol. The van der Waals surface area contributed by atoms with Crippen LogP contribution in [0.5, 0.6) is 0 Å². The van der Waals surface area contributed by atoms with Gasteiger partial charge in [-0.05, 0) is 43.3 Å². The van der Waals surface area contributed by atoms with Gasteiger partial charge in [-0.25, -0.2) is 8.42 Å². The lowest BCUT2D eigenvalue weighted by Gasteiger charge is -2.24. The minimum absolute atomic E-state index is 0.0895. The Morgan fingerprint density at radius 3 is 2.52 bits per heavy atom. The summed E-state index contributed by atoms with van der Waals surface area (Å²) in [6.45, 7) is 5.23. The number of anilines is 1. The highest BCUT2D eigenvalue weighted by atomic mass is 32.2. The number of alkyl halides is 3. The number of halogens is 3. The Kier molecular flexibility index (Phi) is 7.85. The van der Waals surface area contributed by atoms with Crippen molar-refractivity contribution in [3.05, 3.63) is 72.3 Å². The highest BCUT2D eigenvalue weighted by Gasteiger charge is 2.32. The van der Waals surface area contributed by atoms with E-state index in [1.807, 2.05) is 0 Å². The average Bonchev–Trinajstić information content (AvgIpc) is 2.71. The minimum Gasteiger partial charge on any atom is -0.383 e. The number of hydrogen-bond acceptors (Lipinski definition) is 4. The lowest BCUT2D eigenvalue weighted by atomic mass is 10.2. The van der Waals surface area contributed by atoms with Crippen LogP contribution in [0.3, 0.4) is 0 Å². The van der Waals surface area contributed by atoms with Crippen LogP contribution in [0.25, 0.3) is 0 Å². The molecule has 0 radical (unpaired) electrons. The second kappa shape index (κ2) is 9.97. The number of methoxy groups -OCH3 is 1. The molecular weight excluding hydrogens is 433 g/mol. The lowest BCUT2D eigenvalue weighted by molar-refractivity contribution is -0.137. The van der Waals surface area contributed by atoms with Crippen LogP contribution in [0.2, 0.25) is 0 Å². The van der Waals surface area contributed by atoms with Crippen molar-refractivity contribution >= 4 is 21.6 Å². The van der Waals surface area contributed by atoms with Crippen molar-refractivity contribution in [2.45, 2.75) is 24.0 Å². The molecule has 6 nitrogen and oxygen atoms in total. The zero-order chi connectivity index (χ0) is 23.2. The average molecular weight is 456 g/mol. The Morgan fingerprint density at radius 1 is 1.23 bits per heavy atom. The molecule has 31 heavy (non-hydrogen) atoms. The number of nitrogens with zero attached hydrogens (tertiary/aromatic N) is 1. The Balaban J connectivity index is 2.44. The van der Waals surface area contributed by atoms with Gasteiger partial charge in [0.05, 0.1) is 29.3 Å². The molecule has 0 bridgehead atoms.